The van der Waals surface area contributed by atoms with E-state index in [2.05, 4.69) is 5.73 Å². The van der Waals surface area contributed by atoms with Gasteiger partial charge in [-0.2, -0.15) is 0 Å². The van der Waals surface area contributed by atoms with E-state index in [1.54, 1.807) is 4.90 Å². The van der Waals surface area contributed by atoms with Crippen molar-refractivity contribution in [1.29, 1.82) is 0 Å². The number of carbonyl (C=O) groups excluding carboxylic acids is 2. The second kappa shape index (κ2) is 12.2. The number of likely N-dealkylation sites (tertiary alicyclic amines) is 2. The lowest BCUT2D eigenvalue weighted by Crippen LogP contribution is -2.45. The Kier molecular flexibility index (Phi) is 9.05. The summed E-state index contributed by atoms with van der Waals surface area (Å²) in [6.45, 7) is 2.80. The van der Waals surface area contributed by atoms with Crippen molar-refractivity contribution in [2.24, 2.45) is 17.6 Å². The van der Waals surface area contributed by atoms with Crippen LogP contribution in [0.25, 0.3) is 6.08 Å². The minimum atomic E-state index is -0.481. The van der Waals surface area contributed by atoms with Gasteiger partial charge in [0.15, 0.2) is 0 Å². The number of benzene rings is 1. The predicted molar refractivity (Wildman–Crippen MR) is 142 cm³/mol. The van der Waals surface area contributed by atoms with Gasteiger partial charge in [0.25, 0.3) is 0 Å². The minimum Gasteiger partial charge on any atom is -0.345 e. The first-order valence-electron chi connectivity index (χ1n) is 13.0. The number of hydrogen-bond acceptors (Lipinski definition) is 5. The van der Waals surface area contributed by atoms with Crippen molar-refractivity contribution in [1.82, 2.24) is 14.9 Å². The lowest BCUT2D eigenvalue weighted by Gasteiger charge is -2.42. The van der Waals surface area contributed by atoms with E-state index in [4.69, 9.17) is 11.6 Å². The predicted octanol–water partition coefficient (Wildman–Crippen LogP) is 4.33. The molecule has 2 saturated heterocycles. The van der Waals surface area contributed by atoms with Crippen molar-refractivity contribution >= 4 is 30.0 Å². The average Bonchev–Trinajstić information content (AvgIpc) is 3.07. The molecule has 9 heteroatoms. The molecule has 0 bridgehead atoms. The summed E-state index contributed by atoms with van der Waals surface area (Å²) in [6.07, 6.45) is 11.3. The number of amides is 2. The van der Waals surface area contributed by atoms with Crippen LogP contribution in [0.3, 0.4) is 0 Å². The molecule has 1 aliphatic carbocycles. The number of hydroxylamine groups is 2. The Hall–Kier alpha value is -2.68. The second-order valence-electron chi connectivity index (χ2n) is 10.1. The minimum absolute atomic E-state index is 0.0669. The van der Waals surface area contributed by atoms with Crippen LogP contribution in [0.5, 0.6) is 0 Å². The molecule has 0 saturated carbocycles. The van der Waals surface area contributed by atoms with Crippen molar-refractivity contribution < 1.29 is 19.2 Å². The first kappa shape index (κ1) is 27.4. The normalized spacial score (nSPS) is 24.2. The summed E-state index contributed by atoms with van der Waals surface area (Å²) in [6, 6.07) is 5.40. The summed E-state index contributed by atoms with van der Waals surface area (Å²) in [7, 11) is 1.50. The van der Waals surface area contributed by atoms with Crippen molar-refractivity contribution in [3.63, 3.8) is 0 Å². The largest absolute Gasteiger partial charge is 0.345 e. The number of piperidine rings is 2. The molecule has 3 heterocycles. The number of allylic oxidation sites excluding steroid dienone is 2. The Morgan fingerprint density at radius 3 is 2.51 bits per heavy atom. The lowest BCUT2D eigenvalue weighted by molar-refractivity contribution is -0.134. The second-order valence-corrected chi connectivity index (χ2v) is 10.6. The molecule has 3 N–H and O–H groups in total. The SMILES string of the molecule is CN.O=CN1CCC(CC(=O)N2CCC(C3c4ccc(Cl)cc4C=CC4=CC(F)=CN(O)C43)CC2)CC1. The van der Waals surface area contributed by atoms with E-state index < -0.39 is 11.9 Å². The van der Waals surface area contributed by atoms with Crippen molar-refractivity contribution in [3.05, 3.63) is 64.1 Å². The zero-order valence-corrected chi connectivity index (χ0v) is 22.0. The Balaban J connectivity index is 0.00000156. The maximum Gasteiger partial charge on any atom is 0.222 e. The first-order chi connectivity index (χ1) is 17.9. The zero-order valence-electron chi connectivity index (χ0n) is 21.2. The molecule has 3 aliphatic heterocycles. The molecule has 4 aliphatic rings. The van der Waals surface area contributed by atoms with Gasteiger partial charge in [0.2, 0.25) is 12.3 Å². The van der Waals surface area contributed by atoms with Crippen LogP contribution in [0.1, 0.15) is 49.1 Å². The van der Waals surface area contributed by atoms with Crippen LogP contribution < -0.4 is 5.73 Å². The zero-order chi connectivity index (χ0) is 26.5. The highest BCUT2D eigenvalue weighted by Gasteiger charge is 2.41. The molecular weight excluding hydrogens is 495 g/mol. The molecule has 2 atom stereocenters. The summed E-state index contributed by atoms with van der Waals surface area (Å²) in [5.74, 6) is 0.191. The number of nitrogens with zero attached hydrogens (tertiary/aromatic N) is 3. The number of carbonyl (C=O) groups is 2. The Bertz CT molecular complexity index is 1080. The van der Waals surface area contributed by atoms with E-state index in [0.717, 1.165) is 73.1 Å². The smallest absolute Gasteiger partial charge is 0.222 e. The van der Waals surface area contributed by atoms with E-state index in [0.29, 0.717) is 30.5 Å². The number of fused-ring (bicyclic) bond motifs is 2. The lowest BCUT2D eigenvalue weighted by atomic mass is 9.73. The summed E-state index contributed by atoms with van der Waals surface area (Å²) in [5.41, 5.74) is 7.29. The molecule has 2 amide bonds. The van der Waals surface area contributed by atoms with Gasteiger partial charge in [0.05, 0.1) is 12.2 Å². The van der Waals surface area contributed by atoms with Gasteiger partial charge in [-0.15, -0.1) is 0 Å². The quantitative estimate of drug-likeness (QED) is 0.565. The van der Waals surface area contributed by atoms with E-state index >= 15 is 0 Å². The van der Waals surface area contributed by atoms with Crippen molar-refractivity contribution in [2.45, 2.75) is 44.1 Å². The maximum absolute atomic E-state index is 14.1. The summed E-state index contributed by atoms with van der Waals surface area (Å²) < 4.78 is 14.1. The van der Waals surface area contributed by atoms with Crippen LogP contribution in [-0.2, 0) is 9.59 Å². The fourth-order valence-electron chi connectivity index (χ4n) is 6.17. The van der Waals surface area contributed by atoms with Crippen molar-refractivity contribution in [3.8, 4) is 0 Å². The summed E-state index contributed by atoms with van der Waals surface area (Å²) in [4.78, 5) is 27.7. The molecule has 0 aromatic heterocycles. The molecule has 1 aromatic carbocycles. The number of halogens is 2. The fourth-order valence-corrected chi connectivity index (χ4v) is 6.35. The summed E-state index contributed by atoms with van der Waals surface area (Å²) in [5, 5.41) is 12.4. The number of rotatable bonds is 4. The molecule has 37 heavy (non-hydrogen) atoms. The molecule has 5 rings (SSSR count). The molecule has 0 spiro atoms. The highest BCUT2D eigenvalue weighted by atomic mass is 35.5. The molecule has 2 fully saturated rings. The van der Waals surface area contributed by atoms with Gasteiger partial charge in [-0.05, 0) is 79.5 Å². The van der Waals surface area contributed by atoms with E-state index in [-0.39, 0.29) is 17.7 Å². The van der Waals surface area contributed by atoms with Gasteiger partial charge in [-0.3, -0.25) is 19.9 Å². The molecule has 0 radical (unpaired) electrons. The third-order valence-corrected chi connectivity index (χ3v) is 8.29. The van der Waals surface area contributed by atoms with Crippen LogP contribution in [0.2, 0.25) is 5.02 Å². The molecular formula is C28H36ClFN4O3. The Labute approximate surface area is 223 Å². The third-order valence-electron chi connectivity index (χ3n) is 8.05. The first-order valence-corrected chi connectivity index (χ1v) is 13.4. The van der Waals surface area contributed by atoms with Gasteiger partial charge in [0.1, 0.15) is 5.83 Å². The highest BCUT2D eigenvalue weighted by molar-refractivity contribution is 6.30. The van der Waals surface area contributed by atoms with E-state index in [9.17, 15) is 19.2 Å². The van der Waals surface area contributed by atoms with Crippen LogP contribution in [0.15, 0.2) is 48.0 Å². The standard InChI is InChI=1S/C27H31ClFN3O3.CH5N/c28-22-3-4-24-20(14-22)1-2-21-15-23(29)16-32(35)27(21)26(24)19-7-11-31(12-8-19)25(34)13-18-5-9-30(17-33)10-6-18;1-2/h1-4,14-19,26-27,35H,5-13H2;2H2,1H3. The average molecular weight is 531 g/mol. The van der Waals surface area contributed by atoms with Crippen LogP contribution in [0.4, 0.5) is 4.39 Å². The number of hydrogen-bond donors (Lipinski definition) is 2. The third kappa shape index (κ3) is 6.08. The molecule has 2 unspecified atom stereocenters. The molecule has 200 valence electrons. The van der Waals surface area contributed by atoms with Crippen LogP contribution in [0, 0.1) is 11.8 Å². The van der Waals surface area contributed by atoms with Gasteiger partial charge >= 0.3 is 0 Å². The Morgan fingerprint density at radius 2 is 1.84 bits per heavy atom. The van der Waals surface area contributed by atoms with E-state index in [1.807, 2.05) is 35.3 Å². The monoisotopic (exact) mass is 530 g/mol. The van der Waals surface area contributed by atoms with Gasteiger partial charge in [-0.25, -0.2) is 4.39 Å². The molecule has 7 nitrogen and oxygen atoms in total. The summed E-state index contributed by atoms with van der Waals surface area (Å²) >= 11 is 6.28. The highest BCUT2D eigenvalue weighted by Crippen LogP contribution is 2.45. The fraction of sp³-hybridized carbons (Fsp3) is 0.500. The maximum atomic E-state index is 14.1. The number of nitrogens with two attached hydrogens (primary N) is 1. The van der Waals surface area contributed by atoms with Gasteiger partial charge in [0, 0.05) is 43.5 Å². The Morgan fingerprint density at radius 1 is 1.14 bits per heavy atom. The van der Waals surface area contributed by atoms with Gasteiger partial charge in [-0.1, -0.05) is 29.8 Å². The van der Waals surface area contributed by atoms with Gasteiger partial charge < -0.3 is 15.5 Å². The molecule has 1 aromatic rings. The topological polar surface area (TPSA) is 90.1 Å². The van der Waals surface area contributed by atoms with Crippen LogP contribution >= 0.6 is 11.6 Å². The van der Waals surface area contributed by atoms with Crippen molar-refractivity contribution in [2.75, 3.05) is 33.2 Å². The van der Waals surface area contributed by atoms with Crippen LogP contribution in [-0.4, -0.2) is 71.7 Å². The van der Waals surface area contributed by atoms with E-state index in [1.165, 1.54) is 13.1 Å².